The summed E-state index contributed by atoms with van der Waals surface area (Å²) in [6, 6.07) is 0. The minimum absolute atomic E-state index is 0.0545. The maximum absolute atomic E-state index is 8.80. The Hall–Kier alpha value is -2.19. The molecule has 9 heteroatoms. The lowest BCUT2D eigenvalue weighted by Crippen LogP contribution is -2.38. The van der Waals surface area contributed by atoms with Gasteiger partial charge in [0.1, 0.15) is 12.7 Å². The number of rotatable bonds is 6. The zero-order valence-electron chi connectivity index (χ0n) is 13.0. The van der Waals surface area contributed by atoms with Crippen LogP contribution in [0.25, 0.3) is 0 Å². The number of ether oxygens (including phenoxy) is 2. The van der Waals surface area contributed by atoms with Crippen LogP contribution in [0.1, 0.15) is 12.8 Å². The van der Waals surface area contributed by atoms with Crippen LogP contribution in [-0.2, 0) is 0 Å². The molecular weight excluding hydrogens is 334 g/mol. The van der Waals surface area contributed by atoms with E-state index in [9.17, 15) is 0 Å². The SMILES string of the molecule is OCCOc1cncc(N2CCC(Oc3cncc(Cl)n3)CC2)n1. The van der Waals surface area contributed by atoms with Crippen molar-refractivity contribution >= 4 is 17.4 Å². The summed E-state index contributed by atoms with van der Waals surface area (Å²) < 4.78 is 11.1. The molecule has 0 atom stereocenters. The van der Waals surface area contributed by atoms with Crippen molar-refractivity contribution in [3.05, 3.63) is 29.9 Å². The summed E-state index contributed by atoms with van der Waals surface area (Å²) in [6.07, 6.45) is 8.00. The van der Waals surface area contributed by atoms with E-state index in [2.05, 4.69) is 24.8 Å². The van der Waals surface area contributed by atoms with E-state index >= 15 is 0 Å². The number of nitrogens with zero attached hydrogens (tertiary/aromatic N) is 5. The highest BCUT2D eigenvalue weighted by atomic mass is 35.5. The van der Waals surface area contributed by atoms with Crippen molar-refractivity contribution in [3.8, 4) is 11.8 Å². The molecule has 0 spiro atoms. The zero-order valence-corrected chi connectivity index (χ0v) is 13.8. The molecule has 0 radical (unpaired) electrons. The van der Waals surface area contributed by atoms with Crippen LogP contribution in [0.4, 0.5) is 5.82 Å². The molecule has 1 N–H and O–H groups in total. The Bertz CT molecular complexity index is 667. The summed E-state index contributed by atoms with van der Waals surface area (Å²) >= 11 is 5.81. The lowest BCUT2D eigenvalue weighted by atomic mass is 10.1. The highest BCUT2D eigenvalue weighted by Gasteiger charge is 2.22. The van der Waals surface area contributed by atoms with Gasteiger partial charge in [0.25, 0.3) is 0 Å². The highest BCUT2D eigenvalue weighted by molar-refractivity contribution is 6.29. The molecular formula is C15H18ClN5O3. The van der Waals surface area contributed by atoms with E-state index in [1.165, 1.54) is 12.4 Å². The Labute approximate surface area is 144 Å². The Kier molecular flexibility index (Phi) is 5.60. The first-order chi connectivity index (χ1) is 11.7. The molecule has 1 saturated heterocycles. The second-order valence-corrected chi connectivity index (χ2v) is 5.66. The minimum Gasteiger partial charge on any atom is -0.474 e. The van der Waals surface area contributed by atoms with Crippen molar-refractivity contribution in [1.29, 1.82) is 0 Å². The summed E-state index contributed by atoms with van der Waals surface area (Å²) in [5, 5.41) is 9.12. The second-order valence-electron chi connectivity index (χ2n) is 5.27. The normalized spacial score (nSPS) is 15.3. The van der Waals surface area contributed by atoms with Crippen LogP contribution in [0.2, 0.25) is 5.15 Å². The molecule has 8 nitrogen and oxygen atoms in total. The number of anilines is 1. The van der Waals surface area contributed by atoms with Crippen molar-refractivity contribution in [2.45, 2.75) is 18.9 Å². The fourth-order valence-corrected chi connectivity index (χ4v) is 2.61. The number of aromatic nitrogens is 4. The summed E-state index contributed by atoms with van der Waals surface area (Å²) in [5.41, 5.74) is 0. The van der Waals surface area contributed by atoms with Crippen LogP contribution in [0.3, 0.4) is 0 Å². The first kappa shape index (κ1) is 16.7. The highest BCUT2D eigenvalue weighted by Crippen LogP contribution is 2.22. The maximum atomic E-state index is 8.80. The molecule has 1 aliphatic rings. The summed E-state index contributed by atoms with van der Waals surface area (Å²) in [7, 11) is 0. The topological polar surface area (TPSA) is 93.5 Å². The van der Waals surface area contributed by atoms with Crippen molar-refractivity contribution in [3.63, 3.8) is 0 Å². The fraction of sp³-hybridized carbons (Fsp3) is 0.467. The molecule has 0 unspecified atom stereocenters. The van der Waals surface area contributed by atoms with Crippen molar-refractivity contribution in [2.75, 3.05) is 31.2 Å². The van der Waals surface area contributed by atoms with Crippen LogP contribution in [-0.4, -0.2) is 57.4 Å². The molecule has 1 aliphatic heterocycles. The number of aliphatic hydroxyl groups excluding tert-OH is 1. The molecule has 0 saturated carbocycles. The second kappa shape index (κ2) is 8.07. The number of hydrogen-bond acceptors (Lipinski definition) is 8. The average molecular weight is 352 g/mol. The average Bonchev–Trinajstić information content (AvgIpc) is 2.61. The third-order valence-corrected chi connectivity index (χ3v) is 3.76. The number of hydrogen-bond donors (Lipinski definition) is 1. The van der Waals surface area contributed by atoms with E-state index in [4.69, 9.17) is 26.2 Å². The summed E-state index contributed by atoms with van der Waals surface area (Å²) in [5.74, 6) is 1.61. The van der Waals surface area contributed by atoms with Crippen molar-refractivity contribution in [2.24, 2.45) is 0 Å². The minimum atomic E-state index is -0.0545. The van der Waals surface area contributed by atoms with E-state index in [-0.39, 0.29) is 19.3 Å². The Morgan fingerprint density at radius 1 is 1.08 bits per heavy atom. The Morgan fingerprint density at radius 3 is 2.58 bits per heavy atom. The number of halogens is 1. The van der Waals surface area contributed by atoms with Crippen molar-refractivity contribution in [1.82, 2.24) is 19.9 Å². The lowest BCUT2D eigenvalue weighted by Gasteiger charge is -2.32. The molecule has 3 rings (SSSR count). The van der Waals surface area contributed by atoms with Crippen molar-refractivity contribution < 1.29 is 14.6 Å². The van der Waals surface area contributed by atoms with Gasteiger partial charge in [-0.2, -0.15) is 9.97 Å². The first-order valence-electron chi connectivity index (χ1n) is 7.69. The predicted molar refractivity (Wildman–Crippen MR) is 87.5 cm³/mol. The smallest absolute Gasteiger partial charge is 0.234 e. The molecule has 2 aromatic heterocycles. The van der Waals surface area contributed by atoms with Gasteiger partial charge in [-0.3, -0.25) is 9.97 Å². The van der Waals surface area contributed by atoms with Gasteiger partial charge in [0.15, 0.2) is 11.0 Å². The van der Waals surface area contributed by atoms with Gasteiger partial charge in [0.2, 0.25) is 11.8 Å². The largest absolute Gasteiger partial charge is 0.474 e. The molecule has 128 valence electrons. The molecule has 0 aromatic carbocycles. The van der Waals surface area contributed by atoms with E-state index < -0.39 is 0 Å². The first-order valence-corrected chi connectivity index (χ1v) is 8.07. The standard InChI is InChI=1S/C15H18ClN5O3/c16-12-7-17-10-15(19-12)24-11-1-3-21(4-2-11)13-8-18-9-14(20-13)23-6-5-22/h7-11,22H,1-6H2. The predicted octanol–water partition coefficient (Wildman–Crippen LogP) is 1.34. The quantitative estimate of drug-likeness (QED) is 0.833. The molecule has 0 bridgehead atoms. The molecule has 0 amide bonds. The molecule has 24 heavy (non-hydrogen) atoms. The van der Waals surface area contributed by atoms with Gasteiger partial charge in [-0.05, 0) is 0 Å². The number of aliphatic hydroxyl groups is 1. The molecule has 1 fully saturated rings. The lowest BCUT2D eigenvalue weighted by molar-refractivity contribution is 0.163. The van der Waals surface area contributed by atoms with E-state index in [1.807, 2.05) is 0 Å². The molecule has 3 heterocycles. The fourth-order valence-electron chi connectivity index (χ4n) is 2.47. The third kappa shape index (κ3) is 4.42. The van der Waals surface area contributed by atoms with Crippen LogP contribution in [0.5, 0.6) is 11.8 Å². The van der Waals surface area contributed by atoms with Crippen LogP contribution >= 0.6 is 11.6 Å². The maximum Gasteiger partial charge on any atom is 0.234 e. The number of piperidine rings is 1. The molecule has 0 aliphatic carbocycles. The van der Waals surface area contributed by atoms with E-state index in [1.54, 1.807) is 12.4 Å². The zero-order chi connectivity index (χ0) is 16.8. The van der Waals surface area contributed by atoms with Gasteiger partial charge < -0.3 is 19.5 Å². The van der Waals surface area contributed by atoms with Gasteiger partial charge in [-0.1, -0.05) is 11.6 Å². The van der Waals surface area contributed by atoms with Gasteiger partial charge in [-0.25, -0.2) is 0 Å². The van der Waals surface area contributed by atoms with Crippen LogP contribution in [0, 0.1) is 0 Å². The van der Waals surface area contributed by atoms with Gasteiger partial charge in [0, 0.05) is 25.9 Å². The van der Waals surface area contributed by atoms with Gasteiger partial charge in [0.05, 0.1) is 31.4 Å². The Morgan fingerprint density at radius 2 is 1.83 bits per heavy atom. The van der Waals surface area contributed by atoms with Gasteiger partial charge in [-0.15, -0.1) is 0 Å². The van der Waals surface area contributed by atoms with Crippen LogP contribution < -0.4 is 14.4 Å². The van der Waals surface area contributed by atoms with Gasteiger partial charge >= 0.3 is 0 Å². The van der Waals surface area contributed by atoms with Crippen LogP contribution in [0.15, 0.2) is 24.8 Å². The molecule has 2 aromatic rings. The third-order valence-electron chi connectivity index (χ3n) is 3.58. The van der Waals surface area contributed by atoms with E-state index in [0.29, 0.717) is 16.9 Å². The summed E-state index contributed by atoms with van der Waals surface area (Å²) in [6.45, 7) is 1.73. The monoisotopic (exact) mass is 351 g/mol. The van der Waals surface area contributed by atoms with E-state index in [0.717, 1.165) is 31.7 Å². The Balaban J connectivity index is 1.55. The summed E-state index contributed by atoms with van der Waals surface area (Å²) in [4.78, 5) is 18.7.